The second kappa shape index (κ2) is 6.15. The molecule has 0 bridgehead atoms. The van der Waals surface area contributed by atoms with Crippen molar-refractivity contribution in [2.75, 3.05) is 26.3 Å². The largest absolute Gasteiger partial charge is 0.486 e. The first kappa shape index (κ1) is 15.9. The van der Waals surface area contributed by atoms with E-state index in [9.17, 15) is 9.59 Å². The lowest BCUT2D eigenvalue weighted by molar-refractivity contribution is 0.0794. The molecule has 8 heteroatoms. The van der Waals surface area contributed by atoms with Gasteiger partial charge in [0.15, 0.2) is 17.1 Å². The van der Waals surface area contributed by atoms with Crippen molar-refractivity contribution in [1.29, 1.82) is 0 Å². The van der Waals surface area contributed by atoms with Gasteiger partial charge in [-0.1, -0.05) is 0 Å². The predicted octanol–water partition coefficient (Wildman–Crippen LogP) is 1.70. The van der Waals surface area contributed by atoms with Crippen molar-refractivity contribution >= 4 is 11.6 Å². The minimum absolute atomic E-state index is 0.0996. The minimum Gasteiger partial charge on any atom is -0.486 e. The van der Waals surface area contributed by atoms with Crippen LogP contribution in [0, 0.1) is 0 Å². The highest BCUT2D eigenvalue weighted by Gasteiger charge is 2.24. The van der Waals surface area contributed by atoms with Crippen molar-refractivity contribution in [3.63, 3.8) is 0 Å². The molecule has 2 aromatic heterocycles. The Balaban J connectivity index is 1.60. The second-order valence-corrected chi connectivity index (χ2v) is 6.70. The number of amides is 1. The van der Waals surface area contributed by atoms with Crippen molar-refractivity contribution in [3.8, 4) is 22.8 Å². The molecule has 1 aromatic carbocycles. The summed E-state index contributed by atoms with van der Waals surface area (Å²) in [6.07, 6.45) is 3.47. The van der Waals surface area contributed by atoms with Gasteiger partial charge in [-0.25, -0.2) is 0 Å². The van der Waals surface area contributed by atoms with Crippen LogP contribution in [0.3, 0.4) is 0 Å². The molecule has 2 aliphatic heterocycles. The number of hydrogen-bond acceptors (Lipinski definition) is 5. The molecule has 138 valence electrons. The van der Waals surface area contributed by atoms with E-state index in [1.165, 1.54) is 16.8 Å². The van der Waals surface area contributed by atoms with E-state index in [1.807, 2.05) is 18.2 Å². The molecule has 0 spiro atoms. The van der Waals surface area contributed by atoms with Gasteiger partial charge in [0.1, 0.15) is 18.8 Å². The van der Waals surface area contributed by atoms with Gasteiger partial charge < -0.3 is 19.4 Å². The Morgan fingerprint density at radius 2 is 1.85 bits per heavy atom. The molecule has 4 heterocycles. The van der Waals surface area contributed by atoms with Crippen LogP contribution in [0.1, 0.15) is 23.2 Å². The molecule has 0 saturated carbocycles. The highest BCUT2D eigenvalue weighted by atomic mass is 16.6. The number of rotatable bonds is 2. The summed E-state index contributed by atoms with van der Waals surface area (Å²) in [5.74, 6) is 1.22. The van der Waals surface area contributed by atoms with Crippen LogP contribution >= 0.6 is 0 Å². The molecule has 8 nitrogen and oxygen atoms in total. The van der Waals surface area contributed by atoms with E-state index in [2.05, 4.69) is 10.1 Å². The van der Waals surface area contributed by atoms with Crippen LogP contribution in [-0.2, 0) is 0 Å². The fraction of sp³-hybridized carbons (Fsp3) is 0.316. The monoisotopic (exact) mass is 366 g/mol. The summed E-state index contributed by atoms with van der Waals surface area (Å²) >= 11 is 0. The zero-order valence-corrected chi connectivity index (χ0v) is 14.6. The summed E-state index contributed by atoms with van der Waals surface area (Å²) in [6.45, 7) is 2.49. The maximum Gasteiger partial charge on any atom is 0.274 e. The molecule has 3 aromatic rings. The van der Waals surface area contributed by atoms with Gasteiger partial charge in [0.05, 0.1) is 11.9 Å². The van der Waals surface area contributed by atoms with E-state index in [4.69, 9.17) is 9.47 Å². The number of ether oxygens (including phenoxy) is 2. The Bertz CT molecular complexity index is 1090. The molecule has 1 N–H and O–H groups in total. The van der Waals surface area contributed by atoms with Crippen LogP contribution < -0.4 is 15.0 Å². The third-order valence-corrected chi connectivity index (χ3v) is 4.98. The lowest BCUT2D eigenvalue weighted by Crippen LogP contribution is -2.27. The van der Waals surface area contributed by atoms with E-state index in [0.29, 0.717) is 41.6 Å². The van der Waals surface area contributed by atoms with Crippen LogP contribution in [0.2, 0.25) is 0 Å². The van der Waals surface area contributed by atoms with Gasteiger partial charge in [0.25, 0.3) is 11.5 Å². The van der Waals surface area contributed by atoms with E-state index >= 15 is 0 Å². The number of carbonyl (C=O) groups excluding carboxylic acids is 1. The number of aromatic nitrogens is 3. The minimum atomic E-state index is -0.297. The van der Waals surface area contributed by atoms with Crippen molar-refractivity contribution in [1.82, 2.24) is 19.5 Å². The zero-order valence-electron chi connectivity index (χ0n) is 14.6. The number of carbonyl (C=O) groups is 1. The second-order valence-electron chi connectivity index (χ2n) is 6.70. The molecule has 1 saturated heterocycles. The fourth-order valence-corrected chi connectivity index (χ4v) is 3.60. The number of nitrogens with zero attached hydrogens (tertiary/aromatic N) is 3. The van der Waals surface area contributed by atoms with Crippen LogP contribution in [0.4, 0.5) is 0 Å². The molecule has 0 aliphatic carbocycles. The summed E-state index contributed by atoms with van der Waals surface area (Å²) < 4.78 is 12.4. The van der Waals surface area contributed by atoms with Crippen LogP contribution in [-0.4, -0.2) is 51.7 Å². The van der Waals surface area contributed by atoms with Gasteiger partial charge in [-0.15, -0.1) is 0 Å². The third-order valence-electron chi connectivity index (χ3n) is 4.98. The Kier molecular flexibility index (Phi) is 3.63. The average Bonchev–Trinajstić information content (AvgIpc) is 3.37. The Morgan fingerprint density at radius 3 is 2.67 bits per heavy atom. The zero-order chi connectivity index (χ0) is 18.4. The quantitative estimate of drug-likeness (QED) is 0.746. The number of likely N-dealkylation sites (tertiary alicyclic amines) is 1. The number of H-pyrrole nitrogens is 1. The van der Waals surface area contributed by atoms with E-state index in [0.717, 1.165) is 31.5 Å². The van der Waals surface area contributed by atoms with Crippen molar-refractivity contribution in [3.05, 3.63) is 46.4 Å². The Labute approximate surface area is 154 Å². The third kappa shape index (κ3) is 2.64. The average molecular weight is 366 g/mol. The molecule has 0 unspecified atom stereocenters. The molecular weight excluding hydrogens is 348 g/mol. The number of benzene rings is 1. The lowest BCUT2D eigenvalue weighted by atomic mass is 10.1. The fourth-order valence-electron chi connectivity index (χ4n) is 3.60. The molecule has 0 radical (unpaired) electrons. The summed E-state index contributed by atoms with van der Waals surface area (Å²) in [5, 5.41) is 4.10. The molecular formula is C19H18N4O4. The summed E-state index contributed by atoms with van der Waals surface area (Å²) in [4.78, 5) is 30.3. The number of fused-ring (bicyclic) bond motifs is 2. The highest BCUT2D eigenvalue weighted by molar-refractivity contribution is 6.00. The molecule has 1 fully saturated rings. The smallest absolute Gasteiger partial charge is 0.274 e. The summed E-state index contributed by atoms with van der Waals surface area (Å²) in [5.41, 5.74) is 1.90. The highest BCUT2D eigenvalue weighted by Crippen LogP contribution is 2.33. The van der Waals surface area contributed by atoms with Gasteiger partial charge in [-0.3, -0.25) is 9.59 Å². The number of nitrogens with one attached hydrogen (secondary N) is 1. The van der Waals surface area contributed by atoms with Crippen molar-refractivity contribution in [2.24, 2.45) is 0 Å². The normalized spacial score (nSPS) is 16.1. The molecule has 27 heavy (non-hydrogen) atoms. The van der Waals surface area contributed by atoms with Crippen molar-refractivity contribution in [2.45, 2.75) is 12.8 Å². The van der Waals surface area contributed by atoms with Gasteiger partial charge in [0.2, 0.25) is 0 Å². The molecule has 0 atom stereocenters. The van der Waals surface area contributed by atoms with Gasteiger partial charge >= 0.3 is 0 Å². The summed E-state index contributed by atoms with van der Waals surface area (Å²) in [6, 6.07) is 6.97. The number of aromatic amines is 1. The molecule has 1 amide bonds. The first-order valence-corrected chi connectivity index (χ1v) is 9.01. The Morgan fingerprint density at radius 1 is 1.07 bits per heavy atom. The van der Waals surface area contributed by atoms with Crippen LogP contribution in [0.5, 0.6) is 11.5 Å². The SMILES string of the molecule is O=C(c1cnn2c(=O)cc(-c3ccc4c(c3)OCCO4)[nH]c12)N1CCCC1. The molecule has 2 aliphatic rings. The van der Waals surface area contributed by atoms with Crippen LogP contribution in [0.15, 0.2) is 35.3 Å². The maximum absolute atomic E-state index is 12.8. The van der Waals surface area contributed by atoms with Gasteiger partial charge in [0, 0.05) is 24.7 Å². The maximum atomic E-state index is 12.8. The van der Waals surface area contributed by atoms with Gasteiger partial charge in [-0.05, 0) is 31.0 Å². The first-order chi connectivity index (χ1) is 13.2. The van der Waals surface area contributed by atoms with E-state index in [-0.39, 0.29) is 11.5 Å². The van der Waals surface area contributed by atoms with E-state index in [1.54, 1.807) is 4.90 Å². The standard InChI is InChI=1S/C19H18N4O4/c24-17-10-14(12-3-4-15-16(9-12)27-8-7-26-15)21-18-13(11-20-23(17)18)19(25)22-5-1-2-6-22/h3-4,9-11,21H,1-2,5-8H2. The predicted molar refractivity (Wildman–Crippen MR) is 97.4 cm³/mol. The van der Waals surface area contributed by atoms with Crippen molar-refractivity contribution < 1.29 is 14.3 Å². The van der Waals surface area contributed by atoms with Crippen LogP contribution in [0.25, 0.3) is 16.9 Å². The van der Waals surface area contributed by atoms with E-state index < -0.39 is 0 Å². The first-order valence-electron chi connectivity index (χ1n) is 9.01. The van der Waals surface area contributed by atoms with Gasteiger partial charge in [-0.2, -0.15) is 9.61 Å². The Hall–Kier alpha value is -3.29. The lowest BCUT2D eigenvalue weighted by Gasteiger charge is -2.19. The topological polar surface area (TPSA) is 88.9 Å². The number of hydrogen-bond donors (Lipinski definition) is 1. The molecule has 5 rings (SSSR count). The summed E-state index contributed by atoms with van der Waals surface area (Å²) in [7, 11) is 0.